The van der Waals surface area contributed by atoms with Gasteiger partial charge in [0.1, 0.15) is 6.10 Å². The van der Waals surface area contributed by atoms with Crippen molar-refractivity contribution in [2.24, 2.45) is 4.40 Å². The fourth-order valence-electron chi connectivity index (χ4n) is 1.61. The number of halogens is 1. The third-order valence-corrected chi connectivity index (χ3v) is 9.39. The van der Waals surface area contributed by atoms with Crippen molar-refractivity contribution in [1.82, 2.24) is 0 Å². The lowest BCUT2D eigenvalue weighted by atomic mass is 10.1. The summed E-state index contributed by atoms with van der Waals surface area (Å²) in [5.41, 5.74) is 1.06. The lowest BCUT2D eigenvalue weighted by molar-refractivity contribution is 0.251. The van der Waals surface area contributed by atoms with Crippen LogP contribution in [-0.4, -0.2) is 19.3 Å². The van der Waals surface area contributed by atoms with Gasteiger partial charge in [-0.1, -0.05) is 44.5 Å². The Morgan fingerprint density at radius 1 is 1.17 bits per heavy atom. The van der Waals surface area contributed by atoms with E-state index in [2.05, 4.69) is 65.1 Å². The van der Waals surface area contributed by atoms with Crippen molar-refractivity contribution in [2.45, 2.75) is 70.5 Å². The largest absolute Gasteiger partial charge is 0.405 e. The van der Waals surface area contributed by atoms with E-state index in [4.69, 9.17) is 16.0 Å². The Morgan fingerprint density at radius 2 is 1.78 bits per heavy atom. The topological polar surface area (TPSA) is 21.6 Å². The second kappa shape index (κ2) is 7.73. The molecule has 0 radical (unpaired) electrons. The van der Waals surface area contributed by atoms with Crippen LogP contribution in [0.25, 0.3) is 0 Å². The van der Waals surface area contributed by atoms with Crippen LogP contribution >= 0.6 is 23.5 Å². The van der Waals surface area contributed by atoms with Gasteiger partial charge in [-0.25, -0.2) is 4.40 Å². The summed E-state index contributed by atoms with van der Waals surface area (Å²) in [5.74, 6) is 0. The molecular formula is C18H30ClNOSSi. The van der Waals surface area contributed by atoms with Crippen molar-refractivity contribution in [3.63, 3.8) is 0 Å². The van der Waals surface area contributed by atoms with Crippen LogP contribution in [0.5, 0.6) is 0 Å². The van der Waals surface area contributed by atoms with E-state index in [-0.39, 0.29) is 15.9 Å². The van der Waals surface area contributed by atoms with Crippen molar-refractivity contribution >= 4 is 38.1 Å². The number of nitrogens with zero attached hydrogens (tertiary/aromatic N) is 1. The highest BCUT2D eigenvalue weighted by Crippen LogP contribution is 2.39. The van der Waals surface area contributed by atoms with Crippen molar-refractivity contribution < 1.29 is 4.43 Å². The summed E-state index contributed by atoms with van der Waals surface area (Å²) in [4.78, 5) is 0. The van der Waals surface area contributed by atoms with Crippen LogP contribution in [0.4, 0.5) is 0 Å². The standard InChI is InChI=1S/C18H30ClNOSSi/c1-17(2,3)22-20-13-16(14-10-9-11-15(19)12-14)21-23(7,8)18(4,5)6/h9-13,16H,1-8H3. The van der Waals surface area contributed by atoms with Crippen LogP contribution in [0.3, 0.4) is 0 Å². The van der Waals surface area contributed by atoms with Gasteiger partial charge >= 0.3 is 0 Å². The summed E-state index contributed by atoms with van der Waals surface area (Å²) >= 11 is 7.73. The molecule has 5 heteroatoms. The predicted molar refractivity (Wildman–Crippen MR) is 108 cm³/mol. The van der Waals surface area contributed by atoms with Gasteiger partial charge in [0.25, 0.3) is 0 Å². The Labute approximate surface area is 152 Å². The van der Waals surface area contributed by atoms with E-state index in [9.17, 15) is 0 Å². The third kappa shape index (κ3) is 7.00. The van der Waals surface area contributed by atoms with E-state index in [0.717, 1.165) is 10.6 Å². The molecule has 2 nitrogen and oxygen atoms in total. The Morgan fingerprint density at radius 3 is 2.26 bits per heavy atom. The van der Waals surface area contributed by atoms with Crippen LogP contribution < -0.4 is 0 Å². The molecule has 0 N–H and O–H groups in total. The summed E-state index contributed by atoms with van der Waals surface area (Å²) < 4.78 is 11.2. The lowest BCUT2D eigenvalue weighted by Gasteiger charge is -2.38. The van der Waals surface area contributed by atoms with Crippen molar-refractivity contribution in [3.05, 3.63) is 34.9 Å². The molecule has 23 heavy (non-hydrogen) atoms. The average molecular weight is 372 g/mol. The van der Waals surface area contributed by atoms with Crippen LogP contribution in [-0.2, 0) is 4.43 Å². The average Bonchev–Trinajstić information content (AvgIpc) is 2.34. The maximum absolute atomic E-state index is 6.58. The minimum atomic E-state index is -1.91. The maximum Gasteiger partial charge on any atom is 0.193 e. The first-order chi connectivity index (χ1) is 10.3. The molecule has 1 aromatic rings. The molecule has 0 saturated heterocycles. The molecule has 0 heterocycles. The predicted octanol–water partition coefficient (Wildman–Crippen LogP) is 6.92. The maximum atomic E-state index is 6.58. The first-order valence-corrected chi connectivity index (χ1v) is 12.0. The number of benzene rings is 1. The molecule has 1 aromatic carbocycles. The molecule has 0 bridgehead atoms. The van der Waals surface area contributed by atoms with Crippen LogP contribution in [0, 0.1) is 0 Å². The zero-order valence-corrected chi connectivity index (χ0v) is 18.2. The van der Waals surface area contributed by atoms with Crippen molar-refractivity contribution in [2.75, 3.05) is 0 Å². The normalized spacial score (nSPS) is 15.2. The highest BCUT2D eigenvalue weighted by Gasteiger charge is 2.39. The molecule has 1 atom stereocenters. The van der Waals surface area contributed by atoms with Crippen LogP contribution in [0.2, 0.25) is 23.2 Å². The van der Waals surface area contributed by atoms with Gasteiger partial charge in [-0.05, 0) is 68.5 Å². The van der Waals surface area contributed by atoms with Gasteiger partial charge in [0.2, 0.25) is 0 Å². The second-order valence-electron chi connectivity index (χ2n) is 8.31. The summed E-state index contributed by atoms with van der Waals surface area (Å²) in [7, 11) is -1.91. The van der Waals surface area contributed by atoms with E-state index < -0.39 is 8.32 Å². The Balaban J connectivity index is 3.07. The van der Waals surface area contributed by atoms with E-state index in [0.29, 0.717) is 0 Å². The van der Waals surface area contributed by atoms with Gasteiger partial charge in [-0.2, -0.15) is 0 Å². The number of hydrogen-bond donors (Lipinski definition) is 0. The fourth-order valence-corrected chi connectivity index (χ4v) is 3.48. The third-order valence-electron chi connectivity index (χ3n) is 3.93. The molecule has 1 unspecified atom stereocenters. The van der Waals surface area contributed by atoms with E-state index in [1.54, 1.807) is 11.9 Å². The smallest absolute Gasteiger partial charge is 0.193 e. The molecule has 0 saturated carbocycles. The number of rotatable bonds is 5. The SMILES string of the molecule is CC(C)(C)SN=CC(O[Si](C)(C)C(C)(C)C)c1cccc(Cl)c1. The van der Waals surface area contributed by atoms with Gasteiger partial charge in [0, 0.05) is 16.0 Å². The molecule has 0 aliphatic rings. The van der Waals surface area contributed by atoms with Gasteiger partial charge in [-0.3, -0.25) is 0 Å². The summed E-state index contributed by atoms with van der Waals surface area (Å²) in [6.07, 6.45) is 1.76. The highest BCUT2D eigenvalue weighted by molar-refractivity contribution is 7.99. The second-order valence-corrected chi connectivity index (χ2v) is 15.1. The molecule has 0 fully saturated rings. The van der Waals surface area contributed by atoms with Gasteiger partial charge in [0.05, 0.1) is 0 Å². The van der Waals surface area contributed by atoms with Crippen LogP contribution in [0.15, 0.2) is 28.7 Å². The summed E-state index contributed by atoms with van der Waals surface area (Å²) in [5, 5.41) is 0.873. The molecule has 1 rings (SSSR count). The van der Waals surface area contributed by atoms with Gasteiger partial charge in [-0.15, -0.1) is 0 Å². The van der Waals surface area contributed by atoms with E-state index >= 15 is 0 Å². The summed E-state index contributed by atoms with van der Waals surface area (Å²) in [6.45, 7) is 17.7. The highest BCUT2D eigenvalue weighted by atomic mass is 35.5. The number of hydrogen-bond acceptors (Lipinski definition) is 3. The minimum absolute atomic E-state index is 0.0896. The van der Waals surface area contributed by atoms with Gasteiger partial charge < -0.3 is 4.43 Å². The zero-order chi connectivity index (χ0) is 17.9. The van der Waals surface area contributed by atoms with E-state index in [1.165, 1.54) is 0 Å². The quantitative estimate of drug-likeness (QED) is 0.318. The summed E-state index contributed by atoms with van der Waals surface area (Å²) in [6, 6.07) is 7.87. The first kappa shape index (κ1) is 20.8. The Bertz CT molecular complexity index is 547. The Hall–Kier alpha value is -0.293. The lowest BCUT2D eigenvalue weighted by Crippen LogP contribution is -2.42. The molecule has 0 aliphatic heterocycles. The molecule has 0 amide bonds. The first-order valence-electron chi connectivity index (χ1n) is 7.97. The molecule has 0 aliphatic carbocycles. The monoisotopic (exact) mass is 371 g/mol. The van der Waals surface area contributed by atoms with Gasteiger partial charge in [0.15, 0.2) is 8.32 Å². The van der Waals surface area contributed by atoms with E-state index in [1.807, 2.05) is 24.4 Å². The molecule has 0 aromatic heterocycles. The van der Waals surface area contributed by atoms with Crippen LogP contribution in [0.1, 0.15) is 53.2 Å². The molecule has 130 valence electrons. The fraction of sp³-hybridized carbons (Fsp3) is 0.611. The zero-order valence-electron chi connectivity index (χ0n) is 15.6. The molecule has 0 spiro atoms. The van der Waals surface area contributed by atoms with Crippen molar-refractivity contribution in [3.8, 4) is 0 Å². The molecular weight excluding hydrogens is 342 g/mol. The minimum Gasteiger partial charge on any atom is -0.405 e. The Kier molecular flexibility index (Phi) is 6.97. The van der Waals surface area contributed by atoms with Crippen molar-refractivity contribution in [1.29, 1.82) is 0 Å².